The Bertz CT molecular complexity index is 182. The lowest BCUT2D eigenvalue weighted by Gasteiger charge is -2.22. The zero-order valence-corrected chi connectivity index (χ0v) is 8.49. The first-order chi connectivity index (χ1) is 6.20. The van der Waals surface area contributed by atoms with Crippen molar-refractivity contribution in [3.8, 4) is 0 Å². The highest BCUT2D eigenvalue weighted by Crippen LogP contribution is 2.24. The number of amides is 1. The van der Waals surface area contributed by atoms with E-state index in [0.717, 1.165) is 25.8 Å². The van der Waals surface area contributed by atoms with E-state index in [1.54, 1.807) is 0 Å². The van der Waals surface area contributed by atoms with E-state index in [-0.39, 0.29) is 24.5 Å². The number of aliphatic hydroxyl groups is 1. The Morgan fingerprint density at radius 2 is 2.31 bits per heavy atom. The number of rotatable bonds is 4. The van der Waals surface area contributed by atoms with Crippen molar-refractivity contribution in [3.05, 3.63) is 0 Å². The summed E-state index contributed by atoms with van der Waals surface area (Å²) in [5.74, 6) is 0.321. The van der Waals surface area contributed by atoms with Crippen molar-refractivity contribution < 1.29 is 9.90 Å². The molecule has 0 spiro atoms. The molecule has 2 unspecified atom stereocenters. The average molecular weight is 185 g/mol. The molecule has 1 N–H and O–H groups in total. The van der Waals surface area contributed by atoms with Gasteiger partial charge >= 0.3 is 0 Å². The van der Waals surface area contributed by atoms with Gasteiger partial charge in [0.25, 0.3) is 0 Å². The third-order valence-corrected chi connectivity index (χ3v) is 2.73. The Morgan fingerprint density at radius 3 is 2.85 bits per heavy atom. The first-order valence-electron chi connectivity index (χ1n) is 5.12. The lowest BCUT2D eigenvalue weighted by atomic mass is 10.1. The highest BCUT2D eigenvalue weighted by atomic mass is 16.3. The summed E-state index contributed by atoms with van der Waals surface area (Å²) in [6.07, 6.45) is 2.95. The van der Waals surface area contributed by atoms with E-state index in [0.29, 0.717) is 0 Å². The van der Waals surface area contributed by atoms with E-state index >= 15 is 0 Å². The highest BCUT2D eigenvalue weighted by molar-refractivity contribution is 5.81. The van der Waals surface area contributed by atoms with Gasteiger partial charge in [0, 0.05) is 12.5 Å². The predicted molar refractivity (Wildman–Crippen MR) is 51.3 cm³/mol. The number of likely N-dealkylation sites (tertiary alicyclic amines) is 1. The molecule has 1 saturated heterocycles. The van der Waals surface area contributed by atoms with Crippen LogP contribution in [0.25, 0.3) is 0 Å². The van der Waals surface area contributed by atoms with Gasteiger partial charge in [-0.25, -0.2) is 0 Å². The minimum Gasteiger partial charge on any atom is -0.394 e. The van der Waals surface area contributed by atoms with E-state index in [4.69, 9.17) is 5.11 Å². The summed E-state index contributed by atoms with van der Waals surface area (Å²) in [5, 5.41) is 9.08. The number of hydrogen-bond acceptors (Lipinski definition) is 2. The average Bonchev–Trinajstić information content (AvgIpc) is 2.40. The Hall–Kier alpha value is -0.570. The van der Waals surface area contributed by atoms with Crippen molar-refractivity contribution >= 4 is 5.91 Å². The molecule has 0 aromatic carbocycles. The maximum atomic E-state index is 11.6. The molecule has 1 heterocycles. The molecule has 0 bridgehead atoms. The quantitative estimate of drug-likeness (QED) is 0.710. The topological polar surface area (TPSA) is 40.5 Å². The molecule has 1 fully saturated rings. The summed E-state index contributed by atoms with van der Waals surface area (Å²) in [6, 6.07) is 0.0778. The number of carbonyl (C=O) groups is 1. The van der Waals surface area contributed by atoms with Crippen molar-refractivity contribution in [2.75, 3.05) is 13.2 Å². The molecule has 0 aromatic heterocycles. The lowest BCUT2D eigenvalue weighted by molar-refractivity contribution is -0.132. The van der Waals surface area contributed by atoms with Crippen molar-refractivity contribution in [2.45, 2.75) is 39.2 Å². The van der Waals surface area contributed by atoms with Gasteiger partial charge < -0.3 is 10.0 Å². The SMILES string of the molecule is CCCCN1C(=O)C(C)CC1CO. The summed E-state index contributed by atoms with van der Waals surface area (Å²) in [7, 11) is 0. The van der Waals surface area contributed by atoms with Gasteiger partial charge in [0.2, 0.25) is 5.91 Å². The van der Waals surface area contributed by atoms with Gasteiger partial charge in [0.15, 0.2) is 0 Å². The second-order valence-electron chi connectivity index (χ2n) is 3.86. The summed E-state index contributed by atoms with van der Waals surface area (Å²) >= 11 is 0. The van der Waals surface area contributed by atoms with Crippen LogP contribution in [0.2, 0.25) is 0 Å². The second-order valence-corrected chi connectivity index (χ2v) is 3.86. The van der Waals surface area contributed by atoms with Crippen molar-refractivity contribution in [1.29, 1.82) is 0 Å². The first-order valence-corrected chi connectivity index (χ1v) is 5.12. The van der Waals surface area contributed by atoms with Crippen molar-refractivity contribution in [2.24, 2.45) is 5.92 Å². The minimum absolute atomic E-state index is 0.0778. The lowest BCUT2D eigenvalue weighted by Crippen LogP contribution is -2.36. The third kappa shape index (κ3) is 2.21. The monoisotopic (exact) mass is 185 g/mol. The van der Waals surface area contributed by atoms with Crippen LogP contribution in [0.4, 0.5) is 0 Å². The second kappa shape index (κ2) is 4.61. The summed E-state index contributed by atoms with van der Waals surface area (Å²) in [5.41, 5.74) is 0. The third-order valence-electron chi connectivity index (χ3n) is 2.73. The molecule has 13 heavy (non-hydrogen) atoms. The van der Waals surface area contributed by atoms with Gasteiger partial charge in [-0.15, -0.1) is 0 Å². The van der Waals surface area contributed by atoms with Gasteiger partial charge in [-0.05, 0) is 12.8 Å². The van der Waals surface area contributed by atoms with Gasteiger partial charge in [-0.3, -0.25) is 4.79 Å². The van der Waals surface area contributed by atoms with Crippen molar-refractivity contribution in [3.63, 3.8) is 0 Å². The van der Waals surface area contributed by atoms with Crippen LogP contribution in [0.5, 0.6) is 0 Å². The van der Waals surface area contributed by atoms with E-state index in [2.05, 4.69) is 6.92 Å². The molecule has 2 atom stereocenters. The largest absolute Gasteiger partial charge is 0.394 e. The first kappa shape index (κ1) is 10.5. The van der Waals surface area contributed by atoms with Crippen LogP contribution in [0.3, 0.4) is 0 Å². The minimum atomic E-state index is 0.0778. The van der Waals surface area contributed by atoms with Crippen LogP contribution in [-0.2, 0) is 4.79 Å². The Labute approximate surface area is 79.7 Å². The van der Waals surface area contributed by atoms with Crippen LogP contribution in [0.1, 0.15) is 33.1 Å². The molecule has 0 aliphatic carbocycles. The molecular weight excluding hydrogens is 166 g/mol. The molecule has 3 heteroatoms. The highest BCUT2D eigenvalue weighted by Gasteiger charge is 2.35. The fourth-order valence-electron chi connectivity index (χ4n) is 1.89. The number of unbranched alkanes of at least 4 members (excludes halogenated alkanes) is 1. The maximum absolute atomic E-state index is 11.6. The van der Waals surface area contributed by atoms with E-state index < -0.39 is 0 Å². The summed E-state index contributed by atoms with van der Waals surface area (Å²) in [6.45, 7) is 4.97. The van der Waals surface area contributed by atoms with Gasteiger partial charge in [0.1, 0.15) is 0 Å². The molecule has 1 rings (SSSR count). The van der Waals surface area contributed by atoms with Gasteiger partial charge in [-0.1, -0.05) is 20.3 Å². The number of aliphatic hydroxyl groups excluding tert-OH is 1. The van der Waals surface area contributed by atoms with E-state index in [1.165, 1.54) is 0 Å². The van der Waals surface area contributed by atoms with Crippen LogP contribution >= 0.6 is 0 Å². The van der Waals surface area contributed by atoms with Crippen LogP contribution < -0.4 is 0 Å². The molecule has 0 aromatic rings. The maximum Gasteiger partial charge on any atom is 0.225 e. The molecule has 3 nitrogen and oxygen atoms in total. The Kier molecular flexibility index (Phi) is 3.72. The molecule has 1 aliphatic heterocycles. The van der Waals surface area contributed by atoms with E-state index in [1.807, 2.05) is 11.8 Å². The fourth-order valence-corrected chi connectivity index (χ4v) is 1.89. The standard InChI is InChI=1S/C10H19NO2/c1-3-4-5-11-9(7-12)6-8(2)10(11)13/h8-9,12H,3-7H2,1-2H3. The normalized spacial score (nSPS) is 28.5. The predicted octanol–water partition coefficient (Wildman–Crippen LogP) is 1.02. The van der Waals surface area contributed by atoms with Crippen molar-refractivity contribution in [1.82, 2.24) is 4.90 Å². The number of nitrogens with zero attached hydrogens (tertiary/aromatic N) is 1. The molecule has 1 aliphatic rings. The summed E-state index contributed by atoms with van der Waals surface area (Å²) < 4.78 is 0. The van der Waals surface area contributed by atoms with Gasteiger partial charge in [-0.2, -0.15) is 0 Å². The summed E-state index contributed by atoms with van der Waals surface area (Å²) in [4.78, 5) is 13.4. The Balaban J connectivity index is 2.52. The Morgan fingerprint density at radius 1 is 1.62 bits per heavy atom. The fraction of sp³-hybridized carbons (Fsp3) is 0.900. The molecule has 0 radical (unpaired) electrons. The molecule has 0 saturated carbocycles. The van der Waals surface area contributed by atoms with Crippen LogP contribution in [-0.4, -0.2) is 35.1 Å². The molecular formula is C10H19NO2. The smallest absolute Gasteiger partial charge is 0.225 e. The molecule has 76 valence electrons. The zero-order valence-electron chi connectivity index (χ0n) is 8.49. The zero-order chi connectivity index (χ0) is 9.84. The number of carbonyl (C=O) groups excluding carboxylic acids is 1. The number of hydrogen-bond donors (Lipinski definition) is 1. The van der Waals surface area contributed by atoms with Crippen LogP contribution in [0, 0.1) is 5.92 Å². The van der Waals surface area contributed by atoms with E-state index in [9.17, 15) is 4.79 Å². The van der Waals surface area contributed by atoms with Crippen LogP contribution in [0.15, 0.2) is 0 Å². The molecule has 1 amide bonds. The van der Waals surface area contributed by atoms with Gasteiger partial charge in [0.05, 0.1) is 12.6 Å².